The second-order valence-corrected chi connectivity index (χ2v) is 6.28. The smallest absolute Gasteiger partial charge is 0.309 e. The average Bonchev–Trinajstić information content (AvgIpc) is 3.01. The van der Waals surface area contributed by atoms with Crippen molar-refractivity contribution in [3.63, 3.8) is 0 Å². The molecule has 2 heterocycles. The standard InChI is InChI=1S/C17H23N3O4/c21-15(19-10-13-5-4-8-18-9-13)16(22)20-11-14-12-23-17(24-14)6-2-1-3-7-17/h4-5,8-9,14H,1-3,6-7,10-12H2,(H,19,21)(H,20,22)/t14-/m0/s1. The topological polar surface area (TPSA) is 89.6 Å². The third-order valence-electron chi connectivity index (χ3n) is 4.40. The molecule has 0 bridgehead atoms. The molecule has 0 radical (unpaired) electrons. The van der Waals surface area contributed by atoms with Gasteiger partial charge in [-0.3, -0.25) is 14.6 Å². The first-order chi connectivity index (χ1) is 11.7. The molecular formula is C17H23N3O4. The van der Waals surface area contributed by atoms with E-state index in [-0.39, 0.29) is 19.2 Å². The molecular weight excluding hydrogens is 310 g/mol. The lowest BCUT2D eigenvalue weighted by molar-refractivity contribution is -0.186. The van der Waals surface area contributed by atoms with E-state index >= 15 is 0 Å². The molecule has 1 atom stereocenters. The second kappa shape index (κ2) is 7.72. The van der Waals surface area contributed by atoms with E-state index in [1.165, 1.54) is 6.42 Å². The Morgan fingerprint density at radius 1 is 1.21 bits per heavy atom. The number of hydrogen-bond donors (Lipinski definition) is 2. The maximum Gasteiger partial charge on any atom is 0.309 e. The van der Waals surface area contributed by atoms with Gasteiger partial charge in [-0.2, -0.15) is 0 Å². The number of carbonyl (C=O) groups excluding carboxylic acids is 2. The number of amides is 2. The fraction of sp³-hybridized carbons (Fsp3) is 0.588. The van der Waals surface area contributed by atoms with Crippen molar-refractivity contribution in [3.8, 4) is 0 Å². The monoisotopic (exact) mass is 333 g/mol. The van der Waals surface area contributed by atoms with Crippen LogP contribution in [0.2, 0.25) is 0 Å². The summed E-state index contributed by atoms with van der Waals surface area (Å²) < 4.78 is 11.8. The number of ether oxygens (including phenoxy) is 2. The van der Waals surface area contributed by atoms with Crippen LogP contribution in [0.1, 0.15) is 37.7 Å². The molecule has 24 heavy (non-hydrogen) atoms. The van der Waals surface area contributed by atoms with Crippen LogP contribution >= 0.6 is 0 Å². The minimum absolute atomic E-state index is 0.196. The molecule has 3 rings (SSSR count). The van der Waals surface area contributed by atoms with Gasteiger partial charge in [0.1, 0.15) is 6.10 Å². The first-order valence-electron chi connectivity index (χ1n) is 8.44. The van der Waals surface area contributed by atoms with Gasteiger partial charge in [0, 0.05) is 38.3 Å². The van der Waals surface area contributed by atoms with E-state index in [2.05, 4.69) is 15.6 Å². The number of carbonyl (C=O) groups is 2. The SMILES string of the molecule is O=C(NCc1cccnc1)C(=O)NC[C@H]1COC2(CCCCC2)O1. The molecule has 7 heteroatoms. The molecule has 1 saturated carbocycles. The van der Waals surface area contributed by atoms with Gasteiger partial charge in [-0.15, -0.1) is 0 Å². The summed E-state index contributed by atoms with van der Waals surface area (Å²) in [4.78, 5) is 27.6. The Balaban J connectivity index is 1.38. The highest BCUT2D eigenvalue weighted by Gasteiger charge is 2.42. The van der Waals surface area contributed by atoms with Crippen molar-refractivity contribution >= 4 is 11.8 Å². The van der Waals surface area contributed by atoms with Crippen LogP contribution in [0, 0.1) is 0 Å². The minimum atomic E-state index is -0.662. The van der Waals surface area contributed by atoms with Gasteiger partial charge in [0.15, 0.2) is 5.79 Å². The molecule has 2 fully saturated rings. The predicted octanol–water partition coefficient (Wildman–Crippen LogP) is 0.890. The average molecular weight is 333 g/mol. The highest BCUT2D eigenvalue weighted by molar-refractivity contribution is 6.35. The van der Waals surface area contributed by atoms with Crippen molar-refractivity contribution in [2.45, 2.75) is 50.5 Å². The zero-order valence-corrected chi connectivity index (χ0v) is 13.6. The van der Waals surface area contributed by atoms with Gasteiger partial charge in [0.25, 0.3) is 0 Å². The van der Waals surface area contributed by atoms with Gasteiger partial charge in [0.2, 0.25) is 0 Å². The quantitative estimate of drug-likeness (QED) is 0.799. The summed E-state index contributed by atoms with van der Waals surface area (Å²) >= 11 is 0. The zero-order chi connectivity index (χ0) is 16.8. The van der Waals surface area contributed by atoms with E-state index in [0.29, 0.717) is 6.61 Å². The summed E-state index contributed by atoms with van der Waals surface area (Å²) in [6.07, 6.45) is 8.34. The van der Waals surface area contributed by atoms with Crippen LogP contribution in [0.15, 0.2) is 24.5 Å². The lowest BCUT2D eigenvalue weighted by Crippen LogP contribution is -2.43. The molecule has 1 spiro atoms. The van der Waals surface area contributed by atoms with E-state index in [1.807, 2.05) is 6.07 Å². The fourth-order valence-corrected chi connectivity index (χ4v) is 3.12. The van der Waals surface area contributed by atoms with Gasteiger partial charge < -0.3 is 20.1 Å². The number of rotatable bonds is 4. The van der Waals surface area contributed by atoms with E-state index in [0.717, 1.165) is 31.2 Å². The fourth-order valence-electron chi connectivity index (χ4n) is 3.12. The van der Waals surface area contributed by atoms with Crippen LogP contribution in [0.4, 0.5) is 0 Å². The Hall–Kier alpha value is -1.99. The summed E-state index contributed by atoms with van der Waals surface area (Å²) in [5.74, 6) is -1.78. The highest BCUT2D eigenvalue weighted by Crippen LogP contribution is 2.37. The normalized spacial score (nSPS) is 22.2. The third kappa shape index (κ3) is 4.30. The molecule has 2 aliphatic rings. The Bertz CT molecular complexity index is 572. The Labute approximate surface area is 141 Å². The molecule has 130 valence electrons. The Morgan fingerprint density at radius 3 is 2.75 bits per heavy atom. The minimum Gasteiger partial charge on any atom is -0.347 e. The Kier molecular flexibility index (Phi) is 5.42. The van der Waals surface area contributed by atoms with E-state index in [4.69, 9.17) is 9.47 Å². The molecule has 2 amide bonds. The summed E-state index contributed by atoms with van der Waals surface area (Å²) in [6, 6.07) is 3.61. The van der Waals surface area contributed by atoms with E-state index < -0.39 is 17.6 Å². The number of nitrogens with zero attached hydrogens (tertiary/aromatic N) is 1. The van der Waals surface area contributed by atoms with Crippen LogP contribution in [-0.4, -0.2) is 41.8 Å². The second-order valence-electron chi connectivity index (χ2n) is 6.28. The summed E-state index contributed by atoms with van der Waals surface area (Å²) in [7, 11) is 0. The maximum absolute atomic E-state index is 11.9. The molecule has 7 nitrogen and oxygen atoms in total. The van der Waals surface area contributed by atoms with Crippen LogP contribution in [0.3, 0.4) is 0 Å². The lowest BCUT2D eigenvalue weighted by Gasteiger charge is -2.31. The van der Waals surface area contributed by atoms with Crippen LogP contribution in [0.5, 0.6) is 0 Å². The van der Waals surface area contributed by atoms with Gasteiger partial charge in [-0.25, -0.2) is 0 Å². The third-order valence-corrected chi connectivity index (χ3v) is 4.40. The summed E-state index contributed by atoms with van der Waals surface area (Å²) in [5.41, 5.74) is 0.838. The molecule has 1 aliphatic heterocycles. The molecule has 1 aromatic rings. The number of aromatic nitrogens is 1. The number of hydrogen-bond acceptors (Lipinski definition) is 5. The van der Waals surface area contributed by atoms with E-state index in [9.17, 15) is 9.59 Å². The molecule has 1 saturated heterocycles. The lowest BCUT2D eigenvalue weighted by atomic mass is 9.94. The Morgan fingerprint density at radius 2 is 2.00 bits per heavy atom. The maximum atomic E-state index is 11.9. The molecule has 0 aromatic carbocycles. The number of nitrogens with one attached hydrogen (secondary N) is 2. The van der Waals surface area contributed by atoms with Crippen molar-refractivity contribution in [1.29, 1.82) is 0 Å². The zero-order valence-electron chi connectivity index (χ0n) is 13.6. The van der Waals surface area contributed by atoms with Crippen LogP contribution < -0.4 is 10.6 Å². The van der Waals surface area contributed by atoms with Crippen LogP contribution in [0.25, 0.3) is 0 Å². The first-order valence-corrected chi connectivity index (χ1v) is 8.44. The van der Waals surface area contributed by atoms with Crippen molar-refractivity contribution < 1.29 is 19.1 Å². The highest BCUT2D eigenvalue weighted by atomic mass is 16.7. The van der Waals surface area contributed by atoms with Crippen molar-refractivity contribution in [1.82, 2.24) is 15.6 Å². The first kappa shape index (κ1) is 16.9. The van der Waals surface area contributed by atoms with E-state index in [1.54, 1.807) is 18.5 Å². The van der Waals surface area contributed by atoms with Crippen molar-refractivity contribution in [2.75, 3.05) is 13.2 Å². The largest absolute Gasteiger partial charge is 0.347 e. The van der Waals surface area contributed by atoms with Gasteiger partial charge in [0.05, 0.1) is 6.61 Å². The van der Waals surface area contributed by atoms with Crippen LogP contribution in [-0.2, 0) is 25.6 Å². The van der Waals surface area contributed by atoms with Gasteiger partial charge in [-0.05, 0) is 24.5 Å². The number of pyridine rings is 1. The van der Waals surface area contributed by atoms with Crippen molar-refractivity contribution in [2.24, 2.45) is 0 Å². The molecule has 0 unspecified atom stereocenters. The van der Waals surface area contributed by atoms with Crippen molar-refractivity contribution in [3.05, 3.63) is 30.1 Å². The van der Waals surface area contributed by atoms with Gasteiger partial charge in [-0.1, -0.05) is 12.5 Å². The predicted molar refractivity (Wildman–Crippen MR) is 85.7 cm³/mol. The molecule has 2 N–H and O–H groups in total. The summed E-state index contributed by atoms with van der Waals surface area (Å²) in [5, 5.41) is 5.18. The molecule has 1 aromatic heterocycles. The molecule has 1 aliphatic carbocycles. The summed E-state index contributed by atoms with van der Waals surface area (Å²) in [6.45, 7) is 1.00. The van der Waals surface area contributed by atoms with Gasteiger partial charge >= 0.3 is 11.8 Å².